The number of nitrogens with one attached hydrogen (secondary N) is 1. The van der Waals surface area contributed by atoms with Crippen LogP contribution in [0.3, 0.4) is 0 Å². The average Bonchev–Trinajstić information content (AvgIpc) is 3.62. The molecule has 0 saturated carbocycles. The first-order valence-corrected chi connectivity index (χ1v) is 13.4. The molecule has 18 heteroatoms. The molecule has 5 heterocycles. The van der Waals surface area contributed by atoms with Crippen molar-refractivity contribution < 1.29 is 37.8 Å². The molecule has 212 valence electrons. The number of phosphoric ester groups is 1. The number of nitrogens with two attached hydrogens (primary N) is 1. The first-order chi connectivity index (χ1) is 18.6. The zero-order valence-corrected chi connectivity index (χ0v) is 21.8. The minimum atomic E-state index is -4.22. The molecular formula is C21H28N7O10P. The molecule has 2 saturated heterocycles. The van der Waals surface area contributed by atoms with Crippen LogP contribution in [-0.4, -0.2) is 84.0 Å². The number of ether oxygens (including phenoxy) is 2. The average molecular weight is 569 g/mol. The lowest BCUT2D eigenvalue weighted by Gasteiger charge is -2.24. The zero-order valence-electron chi connectivity index (χ0n) is 20.9. The maximum Gasteiger partial charge on any atom is 0.474 e. The highest BCUT2D eigenvalue weighted by atomic mass is 31.2. The van der Waals surface area contributed by atoms with E-state index in [0.717, 1.165) is 11.7 Å². The smallest absolute Gasteiger partial charge is 0.394 e. The Kier molecular flexibility index (Phi) is 7.67. The Bertz CT molecular complexity index is 1510. The quantitative estimate of drug-likeness (QED) is 0.235. The van der Waals surface area contributed by atoms with E-state index in [2.05, 4.69) is 19.9 Å². The fourth-order valence-electron chi connectivity index (χ4n) is 4.52. The highest BCUT2D eigenvalue weighted by molar-refractivity contribution is 7.48. The number of hydrogen-bond acceptors (Lipinski definition) is 14. The molecule has 17 nitrogen and oxygen atoms in total. The van der Waals surface area contributed by atoms with Crippen LogP contribution < -0.4 is 17.0 Å². The van der Waals surface area contributed by atoms with E-state index in [0.29, 0.717) is 16.7 Å². The Morgan fingerprint density at radius 1 is 1.18 bits per heavy atom. The van der Waals surface area contributed by atoms with Crippen LogP contribution >= 0.6 is 7.82 Å². The summed E-state index contributed by atoms with van der Waals surface area (Å²) in [5.41, 5.74) is 5.71. The Labute approximate surface area is 220 Å². The highest BCUT2D eigenvalue weighted by Gasteiger charge is 2.44. The molecule has 0 amide bonds. The van der Waals surface area contributed by atoms with Crippen molar-refractivity contribution in [3.8, 4) is 0 Å². The number of hydrogen-bond donors (Lipinski definition) is 4. The first kappa shape index (κ1) is 27.5. The minimum absolute atomic E-state index is 0.0230. The van der Waals surface area contributed by atoms with Gasteiger partial charge in [0.05, 0.1) is 25.6 Å². The van der Waals surface area contributed by atoms with Crippen LogP contribution in [0.15, 0.2) is 28.4 Å². The number of nitrogens with zero attached hydrogens (tertiary/aromatic N) is 5. The molecule has 2 aliphatic heterocycles. The van der Waals surface area contributed by atoms with E-state index >= 15 is 0 Å². The van der Waals surface area contributed by atoms with Gasteiger partial charge in [-0.05, 0) is 6.92 Å². The third kappa shape index (κ3) is 5.39. The molecule has 0 radical (unpaired) electrons. The summed E-state index contributed by atoms with van der Waals surface area (Å²) >= 11 is 0. The van der Waals surface area contributed by atoms with E-state index < -0.39 is 69.2 Å². The minimum Gasteiger partial charge on any atom is -0.394 e. The van der Waals surface area contributed by atoms with Crippen LogP contribution in [0.1, 0.15) is 30.9 Å². The fraction of sp³-hybridized carbons (Fsp3) is 0.571. The number of aromatic amines is 1. The monoisotopic (exact) mass is 569 g/mol. The van der Waals surface area contributed by atoms with Gasteiger partial charge in [-0.15, -0.1) is 0 Å². The second kappa shape index (κ2) is 10.9. The molecule has 0 aliphatic carbocycles. The molecule has 3 aromatic rings. The number of aliphatic hydroxyl groups is 2. The second-order valence-electron chi connectivity index (χ2n) is 9.11. The molecule has 5 N–H and O–H groups in total. The Hall–Kier alpha value is -3.02. The summed E-state index contributed by atoms with van der Waals surface area (Å²) in [6.07, 6.45) is -1.17. The Morgan fingerprint density at radius 3 is 2.67 bits per heavy atom. The van der Waals surface area contributed by atoms with Gasteiger partial charge >= 0.3 is 13.5 Å². The number of aliphatic hydroxyl groups excluding tert-OH is 2. The van der Waals surface area contributed by atoms with Gasteiger partial charge in [0.15, 0.2) is 11.5 Å². The number of phosphoric acid groups is 1. The number of imidazole rings is 1. The topological polar surface area (TPSA) is 228 Å². The van der Waals surface area contributed by atoms with E-state index in [1.54, 1.807) is 4.57 Å². The predicted octanol–water partition coefficient (Wildman–Crippen LogP) is -0.648. The lowest BCUT2D eigenvalue weighted by molar-refractivity contribution is -0.0580. The van der Waals surface area contributed by atoms with E-state index in [-0.39, 0.29) is 18.7 Å². The fourth-order valence-corrected chi connectivity index (χ4v) is 5.65. The van der Waals surface area contributed by atoms with Gasteiger partial charge in [0.2, 0.25) is 0 Å². The van der Waals surface area contributed by atoms with Crippen molar-refractivity contribution >= 4 is 24.8 Å². The van der Waals surface area contributed by atoms with Crippen molar-refractivity contribution in [2.45, 2.75) is 56.6 Å². The number of H-pyrrole nitrogens is 1. The van der Waals surface area contributed by atoms with Gasteiger partial charge < -0.3 is 25.4 Å². The maximum atomic E-state index is 13.3. The van der Waals surface area contributed by atoms with Crippen LogP contribution in [0.4, 0.5) is 5.82 Å². The SMILES string of the molecule is COP(=O)(OC[C@H]1O[C@@H](n2cc(C)c(=O)[nH]c2=O)C[C@@H]1O)O[C@H]1C[C@H](n2cnc3c(N)ncnc32)O[C@@H]1CO. The van der Waals surface area contributed by atoms with Gasteiger partial charge in [-0.3, -0.25) is 32.5 Å². The van der Waals surface area contributed by atoms with Crippen molar-refractivity contribution in [3.63, 3.8) is 0 Å². The summed E-state index contributed by atoms with van der Waals surface area (Å²) in [4.78, 5) is 38.3. The maximum absolute atomic E-state index is 13.3. The zero-order chi connectivity index (χ0) is 27.9. The van der Waals surface area contributed by atoms with Crippen LogP contribution in [0.2, 0.25) is 0 Å². The number of anilines is 1. The molecule has 3 aromatic heterocycles. The first-order valence-electron chi connectivity index (χ1n) is 12.0. The molecule has 0 spiro atoms. The Balaban J connectivity index is 1.25. The molecule has 0 aromatic carbocycles. The standard InChI is InChI=1S/C21H28N7O10P/c1-10-5-27(21(32)26-20(10)31)15-3-11(30)14(37-15)7-35-39(33,34-2)38-12-4-16(36-13(12)6-29)28-9-25-17-18(22)23-8-24-19(17)28/h5,8-9,11-16,29-30H,3-4,6-7H2,1-2H3,(H2,22,23,24)(H,26,31,32)/t11-,12-,13+,14+,15+,16+,39?/m0/s1. The Morgan fingerprint density at radius 2 is 1.92 bits per heavy atom. The molecule has 2 aliphatic rings. The van der Waals surface area contributed by atoms with Crippen LogP contribution in [-0.2, 0) is 27.6 Å². The van der Waals surface area contributed by atoms with Crippen molar-refractivity contribution in [2.75, 3.05) is 26.1 Å². The largest absolute Gasteiger partial charge is 0.474 e. The molecule has 0 bridgehead atoms. The normalized spacial score (nSPS) is 28.7. The second-order valence-corrected chi connectivity index (χ2v) is 10.8. The van der Waals surface area contributed by atoms with Gasteiger partial charge in [-0.2, -0.15) is 0 Å². The summed E-state index contributed by atoms with van der Waals surface area (Å²) in [5, 5.41) is 20.3. The van der Waals surface area contributed by atoms with Gasteiger partial charge in [0.25, 0.3) is 5.56 Å². The molecule has 39 heavy (non-hydrogen) atoms. The van der Waals surface area contributed by atoms with Gasteiger partial charge in [0, 0.05) is 31.7 Å². The third-order valence-corrected chi connectivity index (χ3v) is 8.04. The number of aryl methyl sites for hydroxylation is 1. The van der Waals surface area contributed by atoms with Gasteiger partial charge in [0.1, 0.15) is 42.6 Å². The van der Waals surface area contributed by atoms with Gasteiger partial charge in [-0.25, -0.2) is 24.3 Å². The number of aromatic nitrogens is 6. The lowest BCUT2D eigenvalue weighted by atomic mass is 10.2. The predicted molar refractivity (Wildman–Crippen MR) is 131 cm³/mol. The van der Waals surface area contributed by atoms with Crippen LogP contribution in [0, 0.1) is 6.92 Å². The van der Waals surface area contributed by atoms with Crippen molar-refractivity contribution in [3.05, 3.63) is 45.3 Å². The lowest BCUT2D eigenvalue weighted by Crippen LogP contribution is -2.33. The summed E-state index contributed by atoms with van der Waals surface area (Å²) in [5.74, 6) is 0.194. The molecule has 1 unspecified atom stereocenters. The molecule has 7 atom stereocenters. The van der Waals surface area contributed by atoms with Crippen LogP contribution in [0.5, 0.6) is 0 Å². The number of rotatable bonds is 9. The summed E-state index contributed by atoms with van der Waals surface area (Å²) in [6.45, 7) is 0.680. The van der Waals surface area contributed by atoms with E-state index in [4.69, 9.17) is 28.8 Å². The number of nitrogen functional groups attached to an aromatic ring is 1. The van der Waals surface area contributed by atoms with Gasteiger partial charge in [-0.1, -0.05) is 0 Å². The van der Waals surface area contributed by atoms with Crippen molar-refractivity contribution in [2.24, 2.45) is 0 Å². The molecular weight excluding hydrogens is 541 g/mol. The third-order valence-electron chi connectivity index (χ3n) is 6.60. The summed E-state index contributed by atoms with van der Waals surface area (Å²) in [6, 6.07) is 0. The molecule has 5 rings (SSSR count). The van der Waals surface area contributed by atoms with Crippen molar-refractivity contribution in [1.29, 1.82) is 0 Å². The number of fused-ring (bicyclic) bond motifs is 1. The van der Waals surface area contributed by atoms with Crippen LogP contribution in [0.25, 0.3) is 11.2 Å². The van der Waals surface area contributed by atoms with E-state index in [1.165, 1.54) is 25.8 Å². The van der Waals surface area contributed by atoms with E-state index in [9.17, 15) is 24.4 Å². The summed E-state index contributed by atoms with van der Waals surface area (Å²) < 4.78 is 43.9. The summed E-state index contributed by atoms with van der Waals surface area (Å²) in [7, 11) is -3.10. The highest BCUT2D eigenvalue weighted by Crippen LogP contribution is 2.53. The van der Waals surface area contributed by atoms with E-state index in [1.807, 2.05) is 0 Å². The molecule has 2 fully saturated rings. The van der Waals surface area contributed by atoms with Crippen molar-refractivity contribution in [1.82, 2.24) is 29.1 Å².